The summed E-state index contributed by atoms with van der Waals surface area (Å²) in [6.07, 6.45) is 3.83. The quantitative estimate of drug-likeness (QED) is 0.727. The maximum atomic E-state index is 13.0. The van der Waals surface area contributed by atoms with Gasteiger partial charge in [-0.15, -0.1) is 0 Å². The third kappa shape index (κ3) is 3.74. The first-order valence-electron chi connectivity index (χ1n) is 8.50. The first kappa shape index (κ1) is 15.9. The molecular weight excluding hydrogens is 319 g/mol. The topological polar surface area (TPSA) is 55.1 Å². The van der Waals surface area contributed by atoms with Gasteiger partial charge in [0.2, 0.25) is 11.7 Å². The Kier molecular flexibility index (Phi) is 4.52. The lowest BCUT2D eigenvalue weighted by Gasteiger charge is -2.30. The summed E-state index contributed by atoms with van der Waals surface area (Å²) in [7, 11) is 0. The molecule has 1 atom stereocenters. The Labute approximate surface area is 145 Å². The lowest BCUT2D eigenvalue weighted by Crippen LogP contribution is -2.34. The summed E-state index contributed by atoms with van der Waals surface area (Å²) in [6.45, 7) is 2.69. The van der Waals surface area contributed by atoms with E-state index in [2.05, 4.69) is 20.0 Å². The second-order valence-electron chi connectivity index (χ2n) is 6.37. The van der Waals surface area contributed by atoms with Gasteiger partial charge >= 0.3 is 0 Å². The molecule has 3 heterocycles. The molecule has 6 heteroatoms. The summed E-state index contributed by atoms with van der Waals surface area (Å²) >= 11 is 0. The number of piperidine rings is 1. The summed E-state index contributed by atoms with van der Waals surface area (Å²) in [5, 5.41) is 4.07. The van der Waals surface area contributed by atoms with Crippen molar-refractivity contribution in [2.24, 2.45) is 0 Å². The van der Waals surface area contributed by atoms with Gasteiger partial charge in [0.1, 0.15) is 11.5 Å². The van der Waals surface area contributed by atoms with E-state index in [-0.39, 0.29) is 11.7 Å². The molecule has 3 aromatic rings. The van der Waals surface area contributed by atoms with Gasteiger partial charge in [0.25, 0.3) is 0 Å². The molecule has 1 aliphatic heterocycles. The van der Waals surface area contributed by atoms with Crippen LogP contribution in [0.3, 0.4) is 0 Å². The summed E-state index contributed by atoms with van der Waals surface area (Å²) in [5.41, 5.74) is 1.83. The minimum Gasteiger partial charge on any atom is -0.339 e. The Morgan fingerprint density at radius 3 is 2.84 bits per heavy atom. The highest BCUT2D eigenvalue weighted by molar-refractivity contribution is 5.47. The number of halogens is 1. The molecule has 1 fully saturated rings. The third-order valence-corrected chi connectivity index (χ3v) is 4.51. The van der Waals surface area contributed by atoms with E-state index in [0.717, 1.165) is 43.7 Å². The molecule has 0 unspecified atom stereocenters. The van der Waals surface area contributed by atoms with Crippen LogP contribution in [0.15, 0.2) is 53.2 Å². The predicted molar refractivity (Wildman–Crippen MR) is 91.2 cm³/mol. The molecule has 2 aromatic heterocycles. The van der Waals surface area contributed by atoms with Crippen molar-refractivity contribution < 1.29 is 8.91 Å². The van der Waals surface area contributed by atoms with Crippen molar-refractivity contribution in [3.8, 4) is 11.5 Å². The van der Waals surface area contributed by atoms with Gasteiger partial charge in [-0.05, 0) is 49.2 Å². The van der Waals surface area contributed by atoms with E-state index in [1.165, 1.54) is 12.1 Å². The van der Waals surface area contributed by atoms with Gasteiger partial charge in [0.05, 0.1) is 5.92 Å². The largest absolute Gasteiger partial charge is 0.339 e. The SMILES string of the molecule is Fc1ccc(CN2CCC[C@H](c3nc(-c4ccccn4)no3)C2)cc1. The highest BCUT2D eigenvalue weighted by Crippen LogP contribution is 2.28. The number of rotatable bonds is 4. The molecule has 4 rings (SSSR count). The van der Waals surface area contributed by atoms with Crippen LogP contribution in [0, 0.1) is 5.82 Å². The lowest BCUT2D eigenvalue weighted by atomic mass is 9.97. The summed E-state index contributed by atoms with van der Waals surface area (Å²) in [6, 6.07) is 12.3. The lowest BCUT2D eigenvalue weighted by molar-refractivity contribution is 0.180. The number of likely N-dealkylation sites (tertiary alicyclic amines) is 1. The second-order valence-corrected chi connectivity index (χ2v) is 6.37. The molecule has 0 bridgehead atoms. The molecule has 0 spiro atoms. The van der Waals surface area contributed by atoms with Gasteiger partial charge in [0, 0.05) is 19.3 Å². The van der Waals surface area contributed by atoms with E-state index >= 15 is 0 Å². The first-order chi connectivity index (χ1) is 12.3. The molecule has 1 aliphatic rings. The van der Waals surface area contributed by atoms with Crippen LogP contribution in [0.5, 0.6) is 0 Å². The molecule has 0 aliphatic carbocycles. The Morgan fingerprint density at radius 2 is 2.04 bits per heavy atom. The fourth-order valence-electron chi connectivity index (χ4n) is 3.25. The second kappa shape index (κ2) is 7.11. The Hall–Kier alpha value is -2.60. The van der Waals surface area contributed by atoms with Crippen LogP contribution in [0.2, 0.25) is 0 Å². The zero-order valence-corrected chi connectivity index (χ0v) is 13.8. The third-order valence-electron chi connectivity index (χ3n) is 4.51. The molecule has 0 N–H and O–H groups in total. The minimum absolute atomic E-state index is 0.201. The van der Waals surface area contributed by atoms with Crippen LogP contribution in [-0.4, -0.2) is 33.1 Å². The maximum absolute atomic E-state index is 13.0. The fraction of sp³-hybridized carbons (Fsp3) is 0.316. The first-order valence-corrected chi connectivity index (χ1v) is 8.50. The average molecular weight is 338 g/mol. The summed E-state index contributed by atoms with van der Waals surface area (Å²) in [5.74, 6) is 1.23. The van der Waals surface area contributed by atoms with E-state index in [4.69, 9.17) is 4.52 Å². The number of benzene rings is 1. The van der Waals surface area contributed by atoms with Gasteiger partial charge in [-0.3, -0.25) is 9.88 Å². The zero-order chi connectivity index (χ0) is 17.1. The van der Waals surface area contributed by atoms with Crippen molar-refractivity contribution in [2.75, 3.05) is 13.1 Å². The number of nitrogens with zero attached hydrogens (tertiary/aromatic N) is 4. The van der Waals surface area contributed by atoms with E-state index in [1.807, 2.05) is 30.3 Å². The van der Waals surface area contributed by atoms with Crippen LogP contribution in [-0.2, 0) is 6.54 Å². The van der Waals surface area contributed by atoms with Crippen LogP contribution in [0.1, 0.15) is 30.2 Å². The average Bonchev–Trinajstić information content (AvgIpc) is 3.15. The normalized spacial score (nSPS) is 18.4. The number of hydrogen-bond acceptors (Lipinski definition) is 5. The molecule has 1 aromatic carbocycles. The highest BCUT2D eigenvalue weighted by Gasteiger charge is 2.26. The van der Waals surface area contributed by atoms with E-state index in [9.17, 15) is 4.39 Å². The Morgan fingerprint density at radius 1 is 1.16 bits per heavy atom. The van der Waals surface area contributed by atoms with Crippen LogP contribution in [0.25, 0.3) is 11.5 Å². The van der Waals surface area contributed by atoms with E-state index in [1.54, 1.807) is 6.20 Å². The minimum atomic E-state index is -0.201. The smallest absolute Gasteiger partial charge is 0.231 e. The molecule has 0 saturated carbocycles. The monoisotopic (exact) mass is 338 g/mol. The van der Waals surface area contributed by atoms with Crippen molar-refractivity contribution in [2.45, 2.75) is 25.3 Å². The number of hydrogen-bond donors (Lipinski definition) is 0. The van der Waals surface area contributed by atoms with E-state index < -0.39 is 0 Å². The predicted octanol–water partition coefficient (Wildman–Crippen LogP) is 3.65. The van der Waals surface area contributed by atoms with Crippen LogP contribution < -0.4 is 0 Å². The van der Waals surface area contributed by atoms with E-state index in [0.29, 0.717) is 11.7 Å². The molecule has 25 heavy (non-hydrogen) atoms. The summed E-state index contributed by atoms with van der Waals surface area (Å²) in [4.78, 5) is 11.2. The molecule has 1 saturated heterocycles. The zero-order valence-electron chi connectivity index (χ0n) is 13.8. The van der Waals surface area contributed by atoms with Crippen molar-refractivity contribution in [3.63, 3.8) is 0 Å². The van der Waals surface area contributed by atoms with Crippen molar-refractivity contribution in [1.82, 2.24) is 20.0 Å². The molecule has 5 nitrogen and oxygen atoms in total. The molecule has 128 valence electrons. The highest BCUT2D eigenvalue weighted by atomic mass is 19.1. The van der Waals surface area contributed by atoms with Gasteiger partial charge in [-0.2, -0.15) is 4.98 Å². The van der Waals surface area contributed by atoms with Gasteiger partial charge in [-0.25, -0.2) is 4.39 Å². The Balaban J connectivity index is 1.44. The molecule has 0 radical (unpaired) electrons. The van der Waals surface area contributed by atoms with Gasteiger partial charge in [0.15, 0.2) is 0 Å². The number of aromatic nitrogens is 3. The van der Waals surface area contributed by atoms with Crippen molar-refractivity contribution in [1.29, 1.82) is 0 Å². The summed E-state index contributed by atoms with van der Waals surface area (Å²) < 4.78 is 18.5. The van der Waals surface area contributed by atoms with Gasteiger partial charge < -0.3 is 4.52 Å². The van der Waals surface area contributed by atoms with Crippen molar-refractivity contribution in [3.05, 3.63) is 65.9 Å². The molecule has 0 amide bonds. The fourth-order valence-corrected chi connectivity index (χ4v) is 3.25. The van der Waals surface area contributed by atoms with Crippen molar-refractivity contribution >= 4 is 0 Å². The molecular formula is C19H19FN4O. The standard InChI is InChI=1S/C19H19FN4O/c20-16-8-6-14(7-9-16)12-24-11-3-4-15(13-24)19-22-18(23-25-19)17-5-1-2-10-21-17/h1-2,5-10,15H,3-4,11-13H2/t15-/m0/s1. The number of pyridine rings is 1. The van der Waals surface area contributed by atoms with Crippen LogP contribution >= 0.6 is 0 Å². The van der Waals surface area contributed by atoms with Crippen LogP contribution in [0.4, 0.5) is 4.39 Å². The van der Waals surface area contributed by atoms with Gasteiger partial charge in [-0.1, -0.05) is 23.4 Å². The maximum Gasteiger partial charge on any atom is 0.231 e. The Bertz CT molecular complexity index is 819.